The minimum absolute atomic E-state index is 0.0810. The first-order chi connectivity index (χ1) is 7.86. The van der Waals surface area contributed by atoms with E-state index in [1.807, 2.05) is 36.6 Å². The van der Waals surface area contributed by atoms with Crippen molar-refractivity contribution in [1.29, 1.82) is 0 Å². The summed E-state index contributed by atoms with van der Waals surface area (Å²) in [6, 6.07) is 10.3. The average Bonchev–Trinajstić information content (AvgIpc) is 2.79. The van der Waals surface area contributed by atoms with Crippen LogP contribution >= 0.6 is 15.9 Å². The van der Waals surface area contributed by atoms with Crippen LogP contribution in [0.5, 0.6) is 0 Å². The average molecular weight is 278 g/mol. The number of ether oxygens (including phenoxy) is 1. The summed E-state index contributed by atoms with van der Waals surface area (Å²) < 4.78 is 4.93. The molecule has 82 valence electrons. The molecule has 2 heterocycles. The molecule has 0 saturated heterocycles. The Kier molecular flexibility index (Phi) is 3.83. The van der Waals surface area contributed by atoms with E-state index in [4.69, 9.17) is 4.74 Å². The van der Waals surface area contributed by atoms with E-state index in [0.717, 1.165) is 0 Å². The van der Waals surface area contributed by atoms with Crippen molar-refractivity contribution in [2.75, 3.05) is 0 Å². The number of para-hydroxylation sites is 1. The fourth-order valence-corrected chi connectivity index (χ4v) is 1.66. The predicted molar refractivity (Wildman–Crippen MR) is 70.4 cm³/mol. The third-order valence-electron chi connectivity index (χ3n) is 2.12. The van der Waals surface area contributed by atoms with Gasteiger partial charge < -0.3 is 9.72 Å². The molecule has 0 aliphatic carbocycles. The molecule has 16 heavy (non-hydrogen) atoms. The van der Waals surface area contributed by atoms with Gasteiger partial charge in [0.25, 0.3) is 0 Å². The van der Waals surface area contributed by atoms with Crippen LogP contribution in [0.2, 0.25) is 0 Å². The number of rotatable bonds is 0. The van der Waals surface area contributed by atoms with Gasteiger partial charge >= 0.3 is 0 Å². The fraction of sp³-hybridized carbons (Fsp3) is 0.0769. The molecule has 0 amide bonds. The molecule has 1 unspecified atom stereocenters. The van der Waals surface area contributed by atoms with Crippen LogP contribution < -0.4 is 0 Å². The topological polar surface area (TPSA) is 25.0 Å². The zero-order valence-electron chi connectivity index (χ0n) is 8.64. The molecule has 0 fully saturated rings. The van der Waals surface area contributed by atoms with Gasteiger partial charge in [-0.2, -0.15) is 0 Å². The quantitative estimate of drug-likeness (QED) is 0.724. The Morgan fingerprint density at radius 1 is 1.12 bits per heavy atom. The first-order valence-corrected chi connectivity index (χ1v) is 5.93. The molecular weight excluding hydrogens is 266 g/mol. The summed E-state index contributed by atoms with van der Waals surface area (Å²) >= 11 is 3.23. The number of aromatic amines is 1. The lowest BCUT2D eigenvalue weighted by Crippen LogP contribution is -1.95. The second kappa shape index (κ2) is 5.56. The van der Waals surface area contributed by atoms with Gasteiger partial charge in [0.1, 0.15) is 0 Å². The molecule has 3 heteroatoms. The van der Waals surface area contributed by atoms with Crippen molar-refractivity contribution in [2.24, 2.45) is 0 Å². The summed E-state index contributed by atoms with van der Waals surface area (Å²) in [5.41, 5.74) is 1.21. The summed E-state index contributed by atoms with van der Waals surface area (Å²) in [5.74, 6) is 0. The van der Waals surface area contributed by atoms with E-state index < -0.39 is 0 Å². The summed E-state index contributed by atoms with van der Waals surface area (Å²) in [5, 5.41) is 1.36. The number of nitrogens with one attached hydrogen (secondary N) is 1. The van der Waals surface area contributed by atoms with Gasteiger partial charge in [0.2, 0.25) is 0 Å². The smallest absolute Gasteiger partial charge is 0.170 e. The highest BCUT2D eigenvalue weighted by atomic mass is 79.9. The largest absolute Gasteiger partial charge is 0.483 e. The highest BCUT2D eigenvalue weighted by Crippen LogP contribution is 2.09. The number of fused-ring (bicyclic) bond motifs is 1. The Morgan fingerprint density at radius 2 is 2.00 bits per heavy atom. The van der Waals surface area contributed by atoms with Gasteiger partial charge in [-0.3, -0.25) is 0 Å². The molecule has 3 rings (SSSR count). The van der Waals surface area contributed by atoms with Crippen LogP contribution in [0.3, 0.4) is 0 Å². The van der Waals surface area contributed by atoms with Crippen molar-refractivity contribution in [3.63, 3.8) is 0 Å². The number of aromatic nitrogens is 1. The van der Waals surface area contributed by atoms with Gasteiger partial charge in [-0.05, 0) is 45.6 Å². The van der Waals surface area contributed by atoms with Crippen LogP contribution in [0.25, 0.3) is 10.9 Å². The van der Waals surface area contributed by atoms with Crippen LogP contribution in [0.1, 0.15) is 0 Å². The Bertz CT molecular complexity index is 471. The summed E-state index contributed by atoms with van der Waals surface area (Å²) in [7, 11) is 0. The lowest BCUT2D eigenvalue weighted by atomic mass is 10.3. The van der Waals surface area contributed by atoms with Crippen molar-refractivity contribution in [2.45, 2.75) is 5.01 Å². The predicted octanol–water partition coefficient (Wildman–Crippen LogP) is 3.98. The molecule has 2 aromatic rings. The zero-order chi connectivity index (χ0) is 11.2. The number of hydrogen-bond donors (Lipinski definition) is 1. The SMILES string of the molecule is BrC1C=CC=CO1.c1ccc2[nH]ccc2c1. The number of allylic oxidation sites excluding steroid dienone is 2. The molecule has 1 aromatic carbocycles. The number of halogens is 1. The third-order valence-corrected chi connectivity index (χ3v) is 2.64. The molecule has 1 aliphatic heterocycles. The van der Waals surface area contributed by atoms with Crippen LogP contribution in [0, 0.1) is 0 Å². The molecule has 1 aliphatic rings. The zero-order valence-corrected chi connectivity index (χ0v) is 10.2. The highest BCUT2D eigenvalue weighted by molar-refractivity contribution is 9.09. The summed E-state index contributed by atoms with van der Waals surface area (Å²) in [4.78, 5) is 3.12. The van der Waals surface area contributed by atoms with E-state index in [2.05, 4.69) is 39.1 Å². The standard InChI is InChI=1S/C8H7N.C5H5BrO/c1-2-4-8-7(3-1)5-6-9-8;6-5-3-1-2-4-7-5/h1-6,9H;1-5H. The van der Waals surface area contributed by atoms with Gasteiger partial charge in [0.15, 0.2) is 5.01 Å². The summed E-state index contributed by atoms with van der Waals surface area (Å²) in [6.45, 7) is 0. The Balaban J connectivity index is 0.000000125. The van der Waals surface area contributed by atoms with Gasteiger partial charge in [-0.1, -0.05) is 24.3 Å². The van der Waals surface area contributed by atoms with Crippen LogP contribution in [0.4, 0.5) is 0 Å². The molecule has 0 saturated carbocycles. The van der Waals surface area contributed by atoms with Crippen LogP contribution in [-0.2, 0) is 4.74 Å². The van der Waals surface area contributed by atoms with Gasteiger partial charge in [-0.25, -0.2) is 0 Å². The molecule has 1 N–H and O–H groups in total. The van der Waals surface area contributed by atoms with Crippen LogP contribution in [0.15, 0.2) is 61.0 Å². The first-order valence-electron chi connectivity index (χ1n) is 5.01. The van der Waals surface area contributed by atoms with Crippen molar-refractivity contribution in [3.05, 3.63) is 61.0 Å². The number of H-pyrrole nitrogens is 1. The minimum atomic E-state index is 0.0810. The van der Waals surface area contributed by atoms with E-state index in [1.165, 1.54) is 10.9 Å². The van der Waals surface area contributed by atoms with E-state index >= 15 is 0 Å². The molecule has 0 spiro atoms. The van der Waals surface area contributed by atoms with E-state index in [1.54, 1.807) is 6.26 Å². The van der Waals surface area contributed by atoms with E-state index in [0.29, 0.717) is 0 Å². The second-order valence-electron chi connectivity index (χ2n) is 3.27. The van der Waals surface area contributed by atoms with Crippen molar-refractivity contribution >= 4 is 26.8 Å². The fourth-order valence-electron chi connectivity index (χ4n) is 1.36. The van der Waals surface area contributed by atoms with Gasteiger partial charge in [0, 0.05) is 11.7 Å². The van der Waals surface area contributed by atoms with E-state index in [-0.39, 0.29) is 5.01 Å². The maximum Gasteiger partial charge on any atom is 0.170 e. The normalized spacial score (nSPS) is 17.7. The Hall–Kier alpha value is -1.48. The van der Waals surface area contributed by atoms with Crippen molar-refractivity contribution < 1.29 is 4.74 Å². The molecule has 2 nitrogen and oxygen atoms in total. The third kappa shape index (κ3) is 3.00. The van der Waals surface area contributed by atoms with Gasteiger partial charge in [-0.15, -0.1) is 0 Å². The molecular formula is C13H12BrNO. The first kappa shape index (κ1) is 11.0. The number of alkyl halides is 1. The number of hydrogen-bond acceptors (Lipinski definition) is 1. The maximum absolute atomic E-state index is 4.93. The van der Waals surface area contributed by atoms with E-state index in [9.17, 15) is 0 Å². The Labute approximate surface area is 103 Å². The monoisotopic (exact) mass is 277 g/mol. The molecule has 0 radical (unpaired) electrons. The minimum Gasteiger partial charge on any atom is -0.483 e. The molecule has 0 bridgehead atoms. The lowest BCUT2D eigenvalue weighted by molar-refractivity contribution is 0.263. The van der Waals surface area contributed by atoms with Crippen molar-refractivity contribution in [1.82, 2.24) is 4.98 Å². The molecule has 1 aromatic heterocycles. The molecule has 1 atom stereocenters. The van der Waals surface area contributed by atoms with Crippen molar-refractivity contribution in [3.8, 4) is 0 Å². The summed E-state index contributed by atoms with van der Waals surface area (Å²) in [6.07, 6.45) is 9.30. The lowest BCUT2D eigenvalue weighted by Gasteiger charge is -2.04. The second-order valence-corrected chi connectivity index (χ2v) is 4.17. The highest BCUT2D eigenvalue weighted by Gasteiger charge is 1.95. The van der Waals surface area contributed by atoms with Gasteiger partial charge in [0.05, 0.1) is 6.26 Å². The van der Waals surface area contributed by atoms with Crippen LogP contribution in [-0.4, -0.2) is 10.00 Å². The maximum atomic E-state index is 4.93. The Morgan fingerprint density at radius 3 is 2.62 bits per heavy atom. The number of benzene rings is 1.